The van der Waals surface area contributed by atoms with E-state index in [0.717, 1.165) is 69.1 Å². The van der Waals surface area contributed by atoms with E-state index in [9.17, 15) is 0 Å². The lowest BCUT2D eigenvalue weighted by molar-refractivity contribution is 0.737. The van der Waals surface area contributed by atoms with E-state index in [1.165, 1.54) is 5.57 Å². The van der Waals surface area contributed by atoms with E-state index >= 15 is 0 Å². The maximum atomic E-state index is 4.89. The SMILES string of the molecule is C1=C(c2cc3c(-c4nc5c(-c6cccs6)cncc5[nH]4)n[nH]c3cn2)CCNC1. The number of aromatic nitrogens is 6. The second kappa shape index (κ2) is 6.61. The molecule has 0 saturated heterocycles. The summed E-state index contributed by atoms with van der Waals surface area (Å²) in [7, 11) is 0. The van der Waals surface area contributed by atoms with E-state index in [1.807, 2.05) is 24.7 Å². The van der Waals surface area contributed by atoms with Gasteiger partial charge in [0.2, 0.25) is 0 Å². The fourth-order valence-electron chi connectivity index (χ4n) is 3.79. The fraction of sp³-hybridized carbons (Fsp3) is 0.143. The van der Waals surface area contributed by atoms with Crippen LogP contribution in [0.2, 0.25) is 0 Å². The van der Waals surface area contributed by atoms with Crippen LogP contribution in [-0.4, -0.2) is 43.2 Å². The Balaban J connectivity index is 1.50. The normalized spacial score (nSPS) is 14.6. The van der Waals surface area contributed by atoms with Gasteiger partial charge in [-0.3, -0.25) is 15.1 Å². The van der Waals surface area contributed by atoms with Crippen LogP contribution in [0.15, 0.2) is 48.2 Å². The summed E-state index contributed by atoms with van der Waals surface area (Å²) in [6.07, 6.45) is 8.72. The van der Waals surface area contributed by atoms with Gasteiger partial charge in [-0.2, -0.15) is 5.10 Å². The van der Waals surface area contributed by atoms with Crippen molar-refractivity contribution in [3.63, 3.8) is 0 Å². The standard InChI is InChI=1S/C21H17N7S/c1-2-18(29-7-1)14-9-23-10-17-19(14)26-21(25-17)20-13-8-15(12-3-5-22-6-4-12)24-11-16(13)27-28-20/h1-3,7-11,22H,4-6H2,(H,25,26)(H,27,28). The molecule has 1 aliphatic rings. The second-order valence-corrected chi connectivity index (χ2v) is 7.96. The smallest absolute Gasteiger partial charge is 0.159 e. The van der Waals surface area contributed by atoms with Gasteiger partial charge in [-0.1, -0.05) is 12.1 Å². The van der Waals surface area contributed by atoms with E-state index in [2.05, 4.69) is 54.1 Å². The highest BCUT2D eigenvalue weighted by Gasteiger charge is 2.17. The van der Waals surface area contributed by atoms with E-state index < -0.39 is 0 Å². The quantitative estimate of drug-likeness (QED) is 0.426. The van der Waals surface area contributed by atoms with Crippen molar-refractivity contribution >= 4 is 38.8 Å². The molecule has 0 fully saturated rings. The Hall–Kier alpha value is -3.36. The summed E-state index contributed by atoms with van der Waals surface area (Å²) >= 11 is 1.68. The predicted molar refractivity (Wildman–Crippen MR) is 116 cm³/mol. The molecule has 142 valence electrons. The molecule has 0 saturated carbocycles. The first-order valence-electron chi connectivity index (χ1n) is 9.49. The van der Waals surface area contributed by atoms with Crippen molar-refractivity contribution in [2.24, 2.45) is 0 Å². The number of nitrogens with zero attached hydrogens (tertiary/aromatic N) is 4. The van der Waals surface area contributed by atoms with Crippen LogP contribution < -0.4 is 5.32 Å². The maximum absolute atomic E-state index is 4.89. The molecule has 29 heavy (non-hydrogen) atoms. The van der Waals surface area contributed by atoms with Crippen molar-refractivity contribution in [2.75, 3.05) is 13.1 Å². The number of H-pyrrole nitrogens is 2. The van der Waals surface area contributed by atoms with Crippen molar-refractivity contribution in [1.82, 2.24) is 35.5 Å². The van der Waals surface area contributed by atoms with Crippen molar-refractivity contribution in [1.29, 1.82) is 0 Å². The second-order valence-electron chi connectivity index (χ2n) is 7.02. The van der Waals surface area contributed by atoms with Gasteiger partial charge < -0.3 is 10.3 Å². The molecule has 8 heteroatoms. The third-order valence-corrected chi connectivity index (χ3v) is 6.15. The third kappa shape index (κ3) is 2.76. The summed E-state index contributed by atoms with van der Waals surface area (Å²) in [6.45, 7) is 1.86. The van der Waals surface area contributed by atoms with Crippen LogP contribution in [0.3, 0.4) is 0 Å². The number of rotatable bonds is 3. The van der Waals surface area contributed by atoms with Crippen molar-refractivity contribution < 1.29 is 0 Å². The van der Waals surface area contributed by atoms with Gasteiger partial charge in [0.25, 0.3) is 0 Å². The van der Waals surface area contributed by atoms with Crippen LogP contribution in [-0.2, 0) is 0 Å². The zero-order valence-electron chi connectivity index (χ0n) is 15.4. The topological polar surface area (TPSA) is 95.2 Å². The molecule has 0 spiro atoms. The summed E-state index contributed by atoms with van der Waals surface area (Å²) in [5, 5.41) is 14.0. The molecule has 3 N–H and O–H groups in total. The average Bonchev–Trinajstić information content (AvgIpc) is 3.52. The van der Waals surface area contributed by atoms with Crippen molar-refractivity contribution in [3.8, 4) is 22.0 Å². The number of thiophene rings is 1. The first-order valence-corrected chi connectivity index (χ1v) is 10.4. The van der Waals surface area contributed by atoms with Crippen LogP contribution in [0.1, 0.15) is 12.1 Å². The number of hydrogen-bond acceptors (Lipinski definition) is 6. The lowest BCUT2D eigenvalue weighted by atomic mass is 10.0. The lowest BCUT2D eigenvalue weighted by Crippen LogP contribution is -2.20. The highest BCUT2D eigenvalue weighted by molar-refractivity contribution is 7.13. The average molecular weight is 399 g/mol. The monoisotopic (exact) mass is 399 g/mol. The molecule has 5 aromatic rings. The minimum Gasteiger partial charge on any atom is -0.335 e. The highest BCUT2D eigenvalue weighted by Crippen LogP contribution is 2.33. The van der Waals surface area contributed by atoms with Crippen molar-refractivity contribution in [3.05, 3.63) is 53.9 Å². The molecule has 0 atom stereocenters. The molecule has 7 nitrogen and oxygen atoms in total. The van der Waals surface area contributed by atoms with Gasteiger partial charge in [-0.25, -0.2) is 4.98 Å². The largest absolute Gasteiger partial charge is 0.335 e. The van der Waals surface area contributed by atoms with Crippen LogP contribution in [0.4, 0.5) is 0 Å². The van der Waals surface area contributed by atoms with Crippen LogP contribution in [0, 0.1) is 0 Å². The molecule has 0 unspecified atom stereocenters. The Kier molecular flexibility index (Phi) is 3.78. The molecule has 6 heterocycles. The number of fused-ring (bicyclic) bond motifs is 2. The number of aromatic amines is 2. The molecular weight excluding hydrogens is 382 g/mol. The third-order valence-electron chi connectivity index (χ3n) is 5.25. The molecule has 0 aliphatic carbocycles. The Bertz CT molecular complexity index is 1360. The van der Waals surface area contributed by atoms with E-state index in [-0.39, 0.29) is 0 Å². The first kappa shape index (κ1) is 16.6. The summed E-state index contributed by atoms with van der Waals surface area (Å²) in [6, 6.07) is 6.23. The van der Waals surface area contributed by atoms with E-state index in [4.69, 9.17) is 4.98 Å². The summed E-state index contributed by atoms with van der Waals surface area (Å²) in [5.41, 5.74) is 6.80. The van der Waals surface area contributed by atoms with Crippen molar-refractivity contribution in [2.45, 2.75) is 6.42 Å². The Morgan fingerprint density at radius 1 is 1.10 bits per heavy atom. The summed E-state index contributed by atoms with van der Waals surface area (Å²) < 4.78 is 0. The highest BCUT2D eigenvalue weighted by atomic mass is 32.1. The molecule has 0 aromatic carbocycles. The van der Waals surface area contributed by atoms with Gasteiger partial charge in [0.1, 0.15) is 11.2 Å². The summed E-state index contributed by atoms with van der Waals surface area (Å²) in [4.78, 5) is 18.4. The fourth-order valence-corrected chi connectivity index (χ4v) is 4.52. The van der Waals surface area contributed by atoms with Gasteiger partial charge in [-0.15, -0.1) is 11.3 Å². The van der Waals surface area contributed by atoms with Gasteiger partial charge in [0.15, 0.2) is 5.82 Å². The molecule has 6 rings (SSSR count). The minimum absolute atomic E-state index is 0.730. The number of nitrogens with one attached hydrogen (secondary N) is 3. The van der Waals surface area contributed by atoms with Crippen LogP contribution >= 0.6 is 11.3 Å². The molecular formula is C21H17N7S. The molecule has 0 bridgehead atoms. The van der Waals surface area contributed by atoms with Gasteiger partial charge in [0.05, 0.1) is 29.1 Å². The molecule has 5 aromatic heterocycles. The van der Waals surface area contributed by atoms with Gasteiger partial charge in [-0.05, 0) is 36.1 Å². The minimum atomic E-state index is 0.730. The maximum Gasteiger partial charge on any atom is 0.159 e. The Morgan fingerprint density at radius 2 is 2.10 bits per heavy atom. The van der Waals surface area contributed by atoms with Crippen LogP contribution in [0.5, 0.6) is 0 Å². The molecule has 1 aliphatic heterocycles. The van der Waals surface area contributed by atoms with Gasteiger partial charge in [0, 0.05) is 28.6 Å². The number of pyridine rings is 2. The van der Waals surface area contributed by atoms with Crippen LogP contribution in [0.25, 0.3) is 49.5 Å². The summed E-state index contributed by atoms with van der Waals surface area (Å²) in [5.74, 6) is 0.730. The zero-order chi connectivity index (χ0) is 19.2. The Labute approximate surface area is 169 Å². The number of imidazole rings is 1. The van der Waals surface area contributed by atoms with E-state index in [1.54, 1.807) is 11.3 Å². The molecule has 0 amide bonds. The van der Waals surface area contributed by atoms with E-state index in [0.29, 0.717) is 0 Å². The number of hydrogen-bond donors (Lipinski definition) is 3. The first-order chi connectivity index (χ1) is 14.4. The zero-order valence-corrected chi connectivity index (χ0v) is 16.3. The lowest BCUT2D eigenvalue weighted by Gasteiger charge is -2.13. The van der Waals surface area contributed by atoms with Gasteiger partial charge >= 0.3 is 0 Å². The Morgan fingerprint density at radius 3 is 2.97 bits per heavy atom. The predicted octanol–water partition coefficient (Wildman–Crippen LogP) is 4.00. The molecule has 0 radical (unpaired) electrons.